The number of halogens is 3. The van der Waals surface area contributed by atoms with E-state index in [1.54, 1.807) is 24.7 Å². The molecule has 0 aliphatic heterocycles. The fourth-order valence-corrected chi connectivity index (χ4v) is 3.63. The molecule has 0 aliphatic rings. The Morgan fingerprint density at radius 3 is 2.42 bits per heavy atom. The molecule has 0 unspecified atom stereocenters. The molecule has 158 valence electrons. The highest BCUT2D eigenvalue weighted by Gasteiger charge is 2.34. The van der Waals surface area contributed by atoms with Crippen molar-refractivity contribution in [2.45, 2.75) is 20.0 Å². The lowest BCUT2D eigenvalue weighted by Gasteiger charge is -2.16. The van der Waals surface area contributed by atoms with Gasteiger partial charge in [-0.25, -0.2) is 4.98 Å². The van der Waals surface area contributed by atoms with Gasteiger partial charge in [-0.05, 0) is 31.5 Å². The zero-order chi connectivity index (χ0) is 22.3. The number of anilines is 1. The Morgan fingerprint density at radius 1 is 1.03 bits per heavy atom. The van der Waals surface area contributed by atoms with Crippen molar-refractivity contribution in [1.82, 2.24) is 14.8 Å². The van der Waals surface area contributed by atoms with E-state index >= 15 is 0 Å². The average Bonchev–Trinajstić information content (AvgIpc) is 3.02. The number of amides is 1. The molecule has 2 heterocycles. The summed E-state index contributed by atoms with van der Waals surface area (Å²) in [6.45, 7) is 3.26. The molecule has 0 bridgehead atoms. The highest BCUT2D eigenvalue weighted by atomic mass is 19.4. The van der Waals surface area contributed by atoms with Gasteiger partial charge >= 0.3 is 6.18 Å². The molecule has 4 rings (SSSR count). The second-order valence-corrected chi connectivity index (χ2v) is 7.28. The standard InChI is InChI=1S/C23H19F3N4O/c1-13-8-7-11-17(23(24,25)26)20(13)28-22(31)16-12-18(15-9-5-4-6-10-15)27-21-19(16)14(2)29-30(21)3/h4-12H,1-3H3,(H,28,31). The van der Waals surface area contributed by atoms with Crippen LogP contribution >= 0.6 is 0 Å². The van der Waals surface area contributed by atoms with E-state index < -0.39 is 17.6 Å². The molecule has 1 N–H and O–H groups in total. The number of aromatic nitrogens is 3. The van der Waals surface area contributed by atoms with Crippen LogP contribution in [0.3, 0.4) is 0 Å². The van der Waals surface area contributed by atoms with Gasteiger partial charge in [0, 0.05) is 12.6 Å². The van der Waals surface area contributed by atoms with Crippen LogP contribution in [0.15, 0.2) is 54.6 Å². The maximum Gasteiger partial charge on any atom is 0.418 e. The van der Waals surface area contributed by atoms with Crippen LogP contribution in [0.4, 0.5) is 18.9 Å². The van der Waals surface area contributed by atoms with Crippen LogP contribution in [-0.4, -0.2) is 20.7 Å². The van der Waals surface area contributed by atoms with Crippen molar-refractivity contribution in [2.24, 2.45) is 7.05 Å². The van der Waals surface area contributed by atoms with E-state index in [1.807, 2.05) is 30.3 Å². The van der Waals surface area contributed by atoms with Crippen molar-refractivity contribution in [3.8, 4) is 11.3 Å². The van der Waals surface area contributed by atoms with Gasteiger partial charge < -0.3 is 5.32 Å². The van der Waals surface area contributed by atoms with Gasteiger partial charge in [-0.3, -0.25) is 9.48 Å². The van der Waals surface area contributed by atoms with Crippen LogP contribution in [-0.2, 0) is 13.2 Å². The van der Waals surface area contributed by atoms with Crippen LogP contribution < -0.4 is 5.32 Å². The molecule has 0 saturated heterocycles. The molecule has 0 aliphatic carbocycles. The summed E-state index contributed by atoms with van der Waals surface area (Å²) >= 11 is 0. The minimum Gasteiger partial charge on any atom is -0.321 e. The lowest BCUT2D eigenvalue weighted by atomic mass is 10.0. The quantitative estimate of drug-likeness (QED) is 0.471. The number of carbonyl (C=O) groups excluding carboxylic acids is 1. The van der Waals surface area contributed by atoms with Gasteiger partial charge in [0.05, 0.1) is 33.6 Å². The largest absolute Gasteiger partial charge is 0.418 e. The van der Waals surface area contributed by atoms with Crippen LogP contribution in [0.1, 0.15) is 27.2 Å². The Bertz CT molecular complexity index is 1290. The van der Waals surface area contributed by atoms with Gasteiger partial charge in [-0.1, -0.05) is 42.5 Å². The summed E-state index contributed by atoms with van der Waals surface area (Å²) in [6, 6.07) is 14.6. The first-order chi connectivity index (χ1) is 14.7. The van der Waals surface area contributed by atoms with E-state index in [1.165, 1.54) is 19.1 Å². The minimum absolute atomic E-state index is 0.214. The normalized spacial score (nSPS) is 11.7. The SMILES string of the molecule is Cc1cccc(C(F)(F)F)c1NC(=O)c1cc(-c2ccccc2)nc2c1c(C)nn2C. The molecule has 8 heteroatoms. The van der Waals surface area contributed by atoms with E-state index in [-0.39, 0.29) is 11.3 Å². The van der Waals surface area contributed by atoms with Crippen molar-refractivity contribution in [3.05, 3.63) is 77.0 Å². The Kier molecular flexibility index (Phi) is 5.00. The number of nitrogens with one attached hydrogen (secondary N) is 1. The summed E-state index contributed by atoms with van der Waals surface area (Å²) in [5.74, 6) is -0.652. The molecule has 0 radical (unpaired) electrons. The fraction of sp³-hybridized carbons (Fsp3) is 0.174. The predicted molar refractivity (Wildman–Crippen MR) is 113 cm³/mol. The van der Waals surface area contributed by atoms with Gasteiger partial charge in [-0.2, -0.15) is 18.3 Å². The molecule has 4 aromatic rings. The zero-order valence-electron chi connectivity index (χ0n) is 17.1. The molecule has 5 nitrogen and oxygen atoms in total. The van der Waals surface area contributed by atoms with E-state index in [2.05, 4.69) is 15.4 Å². The molecule has 0 saturated carbocycles. The molecule has 2 aromatic heterocycles. The van der Waals surface area contributed by atoms with Gasteiger partial charge in [0.25, 0.3) is 5.91 Å². The molecule has 0 atom stereocenters. The predicted octanol–water partition coefficient (Wildman–Crippen LogP) is 5.52. The molecule has 0 fully saturated rings. The van der Waals surface area contributed by atoms with Crippen molar-refractivity contribution in [1.29, 1.82) is 0 Å². The molecular formula is C23H19F3N4O. The fourth-order valence-electron chi connectivity index (χ4n) is 3.63. The summed E-state index contributed by atoms with van der Waals surface area (Å²) in [4.78, 5) is 17.9. The van der Waals surface area contributed by atoms with Crippen LogP contribution in [0, 0.1) is 13.8 Å². The van der Waals surface area contributed by atoms with E-state index in [0.29, 0.717) is 28.0 Å². The number of alkyl halides is 3. The van der Waals surface area contributed by atoms with Gasteiger partial charge in [0.2, 0.25) is 0 Å². The number of benzene rings is 2. The smallest absolute Gasteiger partial charge is 0.321 e. The summed E-state index contributed by atoms with van der Waals surface area (Å²) < 4.78 is 42.1. The molecule has 31 heavy (non-hydrogen) atoms. The third kappa shape index (κ3) is 3.76. The van der Waals surface area contributed by atoms with Gasteiger partial charge in [-0.15, -0.1) is 0 Å². The van der Waals surface area contributed by atoms with Crippen molar-refractivity contribution < 1.29 is 18.0 Å². The third-order valence-electron chi connectivity index (χ3n) is 5.10. The highest BCUT2D eigenvalue weighted by molar-refractivity contribution is 6.13. The van der Waals surface area contributed by atoms with Crippen LogP contribution in [0.2, 0.25) is 0 Å². The third-order valence-corrected chi connectivity index (χ3v) is 5.10. The Labute approximate surface area is 176 Å². The van der Waals surface area contributed by atoms with Crippen LogP contribution in [0.25, 0.3) is 22.3 Å². The first-order valence-corrected chi connectivity index (χ1v) is 9.54. The lowest BCUT2D eigenvalue weighted by molar-refractivity contribution is -0.136. The first-order valence-electron chi connectivity index (χ1n) is 9.54. The summed E-state index contributed by atoms with van der Waals surface area (Å²) in [5.41, 5.74) is 1.74. The molecule has 1 amide bonds. The maximum atomic E-state index is 13.5. The van der Waals surface area contributed by atoms with E-state index in [4.69, 9.17) is 0 Å². The Hall–Kier alpha value is -3.68. The number of hydrogen-bond donors (Lipinski definition) is 1. The highest BCUT2D eigenvalue weighted by Crippen LogP contribution is 2.37. The number of hydrogen-bond acceptors (Lipinski definition) is 3. The number of nitrogens with zero attached hydrogens (tertiary/aromatic N) is 3. The Morgan fingerprint density at radius 2 is 1.74 bits per heavy atom. The van der Waals surface area contributed by atoms with Gasteiger partial charge in [0.15, 0.2) is 5.65 Å². The zero-order valence-corrected chi connectivity index (χ0v) is 17.1. The number of carbonyl (C=O) groups is 1. The monoisotopic (exact) mass is 424 g/mol. The number of para-hydroxylation sites is 1. The summed E-state index contributed by atoms with van der Waals surface area (Å²) in [5, 5.41) is 7.33. The first kappa shape index (κ1) is 20.6. The maximum absolute atomic E-state index is 13.5. The van der Waals surface area contributed by atoms with Crippen LogP contribution in [0.5, 0.6) is 0 Å². The Balaban J connectivity index is 1.88. The van der Waals surface area contributed by atoms with Gasteiger partial charge in [0.1, 0.15) is 0 Å². The lowest BCUT2D eigenvalue weighted by Crippen LogP contribution is -2.18. The number of aryl methyl sites for hydroxylation is 3. The number of fused-ring (bicyclic) bond motifs is 1. The van der Waals surface area contributed by atoms with E-state index in [9.17, 15) is 18.0 Å². The van der Waals surface area contributed by atoms with E-state index in [0.717, 1.165) is 11.6 Å². The second kappa shape index (κ2) is 7.54. The number of rotatable bonds is 3. The summed E-state index contributed by atoms with van der Waals surface area (Å²) in [7, 11) is 1.71. The summed E-state index contributed by atoms with van der Waals surface area (Å²) in [6.07, 6.45) is -4.60. The topological polar surface area (TPSA) is 59.8 Å². The second-order valence-electron chi connectivity index (χ2n) is 7.28. The van der Waals surface area contributed by atoms with Crippen molar-refractivity contribution in [2.75, 3.05) is 5.32 Å². The number of pyridine rings is 1. The van der Waals surface area contributed by atoms with Crippen molar-refractivity contribution >= 4 is 22.6 Å². The minimum atomic E-state index is -4.60. The average molecular weight is 424 g/mol. The molecular weight excluding hydrogens is 405 g/mol. The van der Waals surface area contributed by atoms with Crippen molar-refractivity contribution in [3.63, 3.8) is 0 Å². The molecule has 2 aromatic carbocycles. The molecule has 0 spiro atoms.